The highest BCUT2D eigenvalue weighted by atomic mass is 16.3. The van der Waals surface area contributed by atoms with Gasteiger partial charge in [0, 0.05) is 24.4 Å². The van der Waals surface area contributed by atoms with Gasteiger partial charge < -0.3 is 15.7 Å². The van der Waals surface area contributed by atoms with Gasteiger partial charge in [-0.3, -0.25) is 4.79 Å². The lowest BCUT2D eigenvalue weighted by Gasteiger charge is -2.31. The quantitative estimate of drug-likeness (QED) is 0.645. The van der Waals surface area contributed by atoms with Crippen molar-refractivity contribution in [2.45, 2.75) is 40.0 Å². The normalized spacial score (nSPS) is 11.1. The van der Waals surface area contributed by atoms with Crippen LogP contribution in [0.4, 0.5) is 10.5 Å². The van der Waals surface area contributed by atoms with Gasteiger partial charge in [-0.2, -0.15) is 0 Å². The maximum absolute atomic E-state index is 12.0. The van der Waals surface area contributed by atoms with Gasteiger partial charge in [-0.1, -0.05) is 26.0 Å². The Morgan fingerprint density at radius 3 is 2.45 bits per heavy atom. The largest absolute Gasteiger partial charge is 0.396 e. The van der Waals surface area contributed by atoms with Crippen molar-refractivity contribution < 1.29 is 14.7 Å². The molecule has 122 valence electrons. The van der Waals surface area contributed by atoms with E-state index in [0.717, 1.165) is 12.8 Å². The van der Waals surface area contributed by atoms with Crippen molar-refractivity contribution in [3.05, 3.63) is 29.8 Å². The molecule has 0 heterocycles. The number of aliphatic hydroxyl groups excluding tert-OH is 1. The fraction of sp³-hybridized carbons (Fsp3) is 0.529. The van der Waals surface area contributed by atoms with E-state index in [9.17, 15) is 14.7 Å². The molecule has 0 unspecified atom stereocenters. The minimum Gasteiger partial charge on any atom is -0.396 e. The summed E-state index contributed by atoms with van der Waals surface area (Å²) in [6, 6.07) is 6.55. The maximum atomic E-state index is 12.0. The molecule has 3 N–H and O–H groups in total. The highest BCUT2D eigenvalue weighted by molar-refractivity contribution is 5.96. The molecule has 0 radical (unpaired) electrons. The van der Waals surface area contributed by atoms with Crippen LogP contribution in [-0.2, 0) is 0 Å². The van der Waals surface area contributed by atoms with Gasteiger partial charge in [0.25, 0.3) is 0 Å². The molecule has 0 saturated carbocycles. The van der Waals surface area contributed by atoms with Crippen LogP contribution in [-0.4, -0.2) is 30.1 Å². The summed E-state index contributed by atoms with van der Waals surface area (Å²) >= 11 is 0. The monoisotopic (exact) mass is 306 g/mol. The fourth-order valence-electron chi connectivity index (χ4n) is 2.44. The lowest BCUT2D eigenvalue weighted by Crippen LogP contribution is -2.39. The first-order valence-electron chi connectivity index (χ1n) is 7.73. The van der Waals surface area contributed by atoms with Crippen LogP contribution in [0.2, 0.25) is 0 Å². The van der Waals surface area contributed by atoms with Crippen molar-refractivity contribution in [2.24, 2.45) is 5.41 Å². The van der Waals surface area contributed by atoms with Crippen LogP contribution in [0.5, 0.6) is 0 Å². The topological polar surface area (TPSA) is 78.4 Å². The number of Topliss-reactive ketones (excluding diaryl/α,β-unsaturated/α-hetero) is 1. The Kier molecular flexibility index (Phi) is 7.05. The summed E-state index contributed by atoms with van der Waals surface area (Å²) < 4.78 is 0. The predicted molar refractivity (Wildman–Crippen MR) is 88.2 cm³/mol. The number of benzene rings is 1. The second kappa shape index (κ2) is 8.54. The summed E-state index contributed by atoms with van der Waals surface area (Å²) in [5.41, 5.74) is 1.08. The number of anilines is 1. The summed E-state index contributed by atoms with van der Waals surface area (Å²) in [5, 5.41) is 14.8. The molecule has 22 heavy (non-hydrogen) atoms. The van der Waals surface area contributed by atoms with E-state index in [1.54, 1.807) is 24.3 Å². The summed E-state index contributed by atoms with van der Waals surface area (Å²) in [6.45, 7) is 6.25. The Balaban J connectivity index is 2.62. The van der Waals surface area contributed by atoms with Gasteiger partial charge in [-0.25, -0.2) is 4.79 Å². The standard InChI is InChI=1S/C17H26N2O3/c1-4-17(5-2,9-10-20)12-18-16(22)19-15-8-6-7-14(11-15)13(3)21/h6-8,11,20H,4-5,9-10,12H2,1-3H3,(H2,18,19,22). The SMILES string of the molecule is CCC(CC)(CCO)CNC(=O)Nc1cccc(C(C)=O)c1. The number of nitrogens with one attached hydrogen (secondary N) is 2. The molecule has 0 aliphatic heterocycles. The third-order valence-corrected chi connectivity index (χ3v) is 4.29. The summed E-state index contributed by atoms with van der Waals surface area (Å²) in [5.74, 6) is -0.0389. The zero-order chi connectivity index (χ0) is 16.6. The molecule has 0 aromatic heterocycles. The Bertz CT molecular complexity index is 510. The number of carbonyl (C=O) groups excluding carboxylic acids is 2. The third kappa shape index (κ3) is 5.15. The molecule has 0 bridgehead atoms. The summed E-state index contributed by atoms with van der Waals surface area (Å²) in [6.07, 6.45) is 2.45. The van der Waals surface area contributed by atoms with Crippen LogP contribution < -0.4 is 10.6 Å². The molecule has 5 nitrogen and oxygen atoms in total. The van der Waals surface area contributed by atoms with Crippen LogP contribution in [0.25, 0.3) is 0 Å². The second-order valence-electron chi connectivity index (χ2n) is 5.63. The molecule has 5 heteroatoms. The minimum atomic E-state index is -0.301. The molecule has 2 amide bonds. The fourth-order valence-corrected chi connectivity index (χ4v) is 2.44. The number of hydrogen-bond donors (Lipinski definition) is 3. The Morgan fingerprint density at radius 1 is 1.23 bits per heavy atom. The Labute approximate surface area is 132 Å². The predicted octanol–water partition coefficient (Wildman–Crippen LogP) is 3.20. The highest BCUT2D eigenvalue weighted by Crippen LogP contribution is 2.29. The Morgan fingerprint density at radius 2 is 1.91 bits per heavy atom. The maximum Gasteiger partial charge on any atom is 0.319 e. The molecule has 0 saturated heterocycles. The number of carbonyl (C=O) groups is 2. The van der Waals surface area contributed by atoms with E-state index in [4.69, 9.17) is 0 Å². The van der Waals surface area contributed by atoms with Crippen LogP contribution in [0.15, 0.2) is 24.3 Å². The van der Waals surface area contributed by atoms with Crippen LogP contribution in [0.1, 0.15) is 50.4 Å². The van der Waals surface area contributed by atoms with E-state index in [2.05, 4.69) is 24.5 Å². The van der Waals surface area contributed by atoms with Gasteiger partial charge in [0.15, 0.2) is 5.78 Å². The minimum absolute atomic E-state index is 0.0389. The lowest BCUT2D eigenvalue weighted by atomic mass is 9.79. The smallest absolute Gasteiger partial charge is 0.319 e. The number of ketones is 1. The zero-order valence-electron chi connectivity index (χ0n) is 13.6. The van der Waals surface area contributed by atoms with Gasteiger partial charge in [-0.05, 0) is 43.7 Å². The van der Waals surface area contributed by atoms with Crippen molar-refractivity contribution in [2.75, 3.05) is 18.5 Å². The summed E-state index contributed by atoms with van der Waals surface area (Å²) in [4.78, 5) is 23.3. The van der Waals surface area contributed by atoms with Crippen LogP contribution in [0.3, 0.4) is 0 Å². The molecule has 0 fully saturated rings. The van der Waals surface area contributed by atoms with Gasteiger partial charge >= 0.3 is 6.03 Å². The van der Waals surface area contributed by atoms with Gasteiger partial charge in [0.1, 0.15) is 0 Å². The van der Waals surface area contributed by atoms with Crippen LogP contribution >= 0.6 is 0 Å². The first-order valence-corrected chi connectivity index (χ1v) is 7.73. The number of rotatable bonds is 8. The number of aliphatic hydroxyl groups is 1. The third-order valence-electron chi connectivity index (χ3n) is 4.29. The van der Waals surface area contributed by atoms with Crippen molar-refractivity contribution >= 4 is 17.5 Å². The number of urea groups is 1. The molecule has 1 aromatic carbocycles. The molecule has 0 atom stereocenters. The summed E-state index contributed by atoms with van der Waals surface area (Å²) in [7, 11) is 0. The van der Waals surface area contributed by atoms with Gasteiger partial charge in [0.05, 0.1) is 0 Å². The first kappa shape index (κ1) is 18.2. The van der Waals surface area contributed by atoms with Crippen molar-refractivity contribution in [1.29, 1.82) is 0 Å². The molecule has 1 aromatic rings. The second-order valence-corrected chi connectivity index (χ2v) is 5.63. The van der Waals surface area contributed by atoms with E-state index in [-0.39, 0.29) is 23.8 Å². The average Bonchev–Trinajstić information content (AvgIpc) is 2.52. The van der Waals surface area contributed by atoms with E-state index in [0.29, 0.717) is 24.2 Å². The van der Waals surface area contributed by atoms with Gasteiger partial charge in [-0.15, -0.1) is 0 Å². The molecule has 0 aliphatic carbocycles. The van der Waals surface area contributed by atoms with Crippen LogP contribution in [0, 0.1) is 5.41 Å². The number of hydrogen-bond acceptors (Lipinski definition) is 3. The lowest BCUT2D eigenvalue weighted by molar-refractivity contribution is 0.101. The Hall–Kier alpha value is -1.88. The van der Waals surface area contributed by atoms with Gasteiger partial charge in [0.2, 0.25) is 0 Å². The van der Waals surface area contributed by atoms with Crippen molar-refractivity contribution in [3.8, 4) is 0 Å². The highest BCUT2D eigenvalue weighted by Gasteiger charge is 2.26. The van der Waals surface area contributed by atoms with Crippen molar-refractivity contribution in [3.63, 3.8) is 0 Å². The number of amides is 2. The van der Waals surface area contributed by atoms with E-state index < -0.39 is 0 Å². The molecular weight excluding hydrogens is 280 g/mol. The molecular formula is C17H26N2O3. The zero-order valence-corrected chi connectivity index (χ0v) is 13.6. The molecule has 0 spiro atoms. The van der Waals surface area contributed by atoms with E-state index in [1.165, 1.54) is 6.92 Å². The first-order chi connectivity index (χ1) is 10.5. The van der Waals surface area contributed by atoms with E-state index >= 15 is 0 Å². The van der Waals surface area contributed by atoms with Crippen molar-refractivity contribution in [1.82, 2.24) is 5.32 Å². The molecule has 1 rings (SSSR count). The average molecular weight is 306 g/mol. The van der Waals surface area contributed by atoms with E-state index in [1.807, 2.05) is 0 Å². The molecule has 0 aliphatic rings.